The highest BCUT2D eigenvalue weighted by molar-refractivity contribution is 6.30. The molecule has 0 aliphatic carbocycles. The van der Waals surface area contributed by atoms with E-state index in [1.165, 1.54) is 6.07 Å². The molecule has 1 N–H and O–H groups in total. The first kappa shape index (κ1) is 27.8. The van der Waals surface area contributed by atoms with E-state index in [4.69, 9.17) is 21.3 Å². The number of carbonyl (C=O) groups is 1. The van der Waals surface area contributed by atoms with Gasteiger partial charge in [0.1, 0.15) is 18.2 Å². The number of halogens is 2. The van der Waals surface area contributed by atoms with Crippen LogP contribution < -0.4 is 4.74 Å². The van der Waals surface area contributed by atoms with Gasteiger partial charge in [0.15, 0.2) is 0 Å². The summed E-state index contributed by atoms with van der Waals surface area (Å²) in [5.41, 5.74) is 4.05. The Hall–Kier alpha value is -4.35. The van der Waals surface area contributed by atoms with Gasteiger partial charge in [0.25, 0.3) is 0 Å². The summed E-state index contributed by atoms with van der Waals surface area (Å²) in [7, 11) is 1.83. The zero-order chi connectivity index (χ0) is 29.2. The number of rotatable bonds is 9. The van der Waals surface area contributed by atoms with Gasteiger partial charge in [-0.05, 0) is 68.2 Å². The molecule has 42 heavy (non-hydrogen) atoms. The maximum absolute atomic E-state index is 14.3. The number of carboxylic acids is 1. The van der Waals surface area contributed by atoms with Crippen molar-refractivity contribution in [3.8, 4) is 5.88 Å². The molecule has 0 radical (unpaired) electrons. The van der Waals surface area contributed by atoms with E-state index in [-0.39, 0.29) is 18.1 Å². The first-order valence-corrected chi connectivity index (χ1v) is 14.0. The second-order valence-electron chi connectivity index (χ2n) is 10.4. The van der Waals surface area contributed by atoms with E-state index in [2.05, 4.69) is 24.8 Å². The normalized spacial score (nSPS) is 14.5. The minimum absolute atomic E-state index is 0.0673. The Kier molecular flexibility index (Phi) is 7.86. The summed E-state index contributed by atoms with van der Waals surface area (Å²) in [5, 5.41) is 17.9. The van der Waals surface area contributed by atoms with Crippen LogP contribution in [0.4, 0.5) is 4.39 Å². The number of piperidine rings is 1. The van der Waals surface area contributed by atoms with Gasteiger partial charge in [0.05, 0.1) is 41.6 Å². The van der Waals surface area contributed by atoms with Crippen LogP contribution in [0.15, 0.2) is 60.9 Å². The Morgan fingerprint density at radius 3 is 2.71 bits per heavy atom. The molecule has 5 aromatic rings. The van der Waals surface area contributed by atoms with E-state index < -0.39 is 11.8 Å². The summed E-state index contributed by atoms with van der Waals surface area (Å²) in [5.74, 6) is 0.233. The summed E-state index contributed by atoms with van der Waals surface area (Å²) in [6.07, 6.45) is 5.18. The van der Waals surface area contributed by atoms with Crippen LogP contribution in [0.2, 0.25) is 5.02 Å². The number of aromatic carboxylic acids is 1. The van der Waals surface area contributed by atoms with E-state index in [1.807, 2.05) is 19.2 Å². The Morgan fingerprint density at radius 1 is 1.14 bits per heavy atom. The lowest BCUT2D eigenvalue weighted by Gasteiger charge is -2.32. The molecule has 0 saturated carbocycles. The molecule has 10 nitrogen and oxygen atoms in total. The van der Waals surface area contributed by atoms with Gasteiger partial charge >= 0.3 is 5.97 Å². The molecule has 0 unspecified atom stereocenters. The highest BCUT2D eigenvalue weighted by atomic mass is 35.5. The van der Waals surface area contributed by atoms with Crippen molar-refractivity contribution in [2.45, 2.75) is 38.5 Å². The number of fused-ring (bicyclic) bond motifs is 1. The highest BCUT2D eigenvalue weighted by Gasteiger charge is 2.26. The van der Waals surface area contributed by atoms with Crippen LogP contribution in [0.25, 0.3) is 11.0 Å². The lowest BCUT2D eigenvalue weighted by atomic mass is 9.90. The second-order valence-corrected chi connectivity index (χ2v) is 10.9. The quantitative estimate of drug-likeness (QED) is 0.254. The molecular formula is C30H29ClFN7O3. The van der Waals surface area contributed by atoms with Gasteiger partial charge in [-0.15, -0.1) is 5.10 Å². The number of benzene rings is 2. The molecule has 0 bridgehead atoms. The maximum atomic E-state index is 14.3. The van der Waals surface area contributed by atoms with Crippen LogP contribution in [0.3, 0.4) is 0 Å². The van der Waals surface area contributed by atoms with Crippen LogP contribution in [0, 0.1) is 5.82 Å². The van der Waals surface area contributed by atoms with Gasteiger partial charge in [-0.3, -0.25) is 9.58 Å². The number of carboxylic acid groups (broad SMARTS) is 1. The number of ether oxygens (including phenoxy) is 1. The van der Waals surface area contributed by atoms with E-state index in [9.17, 15) is 14.3 Å². The summed E-state index contributed by atoms with van der Waals surface area (Å²) in [6.45, 7) is 2.82. The van der Waals surface area contributed by atoms with Crippen LogP contribution in [0.5, 0.6) is 5.88 Å². The monoisotopic (exact) mass is 589 g/mol. The third kappa shape index (κ3) is 5.83. The van der Waals surface area contributed by atoms with Crippen molar-refractivity contribution in [1.82, 2.24) is 34.4 Å². The van der Waals surface area contributed by atoms with Crippen molar-refractivity contribution in [2.24, 2.45) is 7.05 Å². The third-order valence-corrected chi connectivity index (χ3v) is 8.01. The minimum Gasteiger partial charge on any atom is -0.478 e. The van der Waals surface area contributed by atoms with Crippen molar-refractivity contribution in [2.75, 3.05) is 13.1 Å². The fourth-order valence-corrected chi connectivity index (χ4v) is 5.60. The maximum Gasteiger partial charge on any atom is 0.335 e. The number of likely N-dealkylation sites (tertiary alicyclic amines) is 1. The molecule has 4 heterocycles. The van der Waals surface area contributed by atoms with E-state index in [0.29, 0.717) is 29.6 Å². The summed E-state index contributed by atoms with van der Waals surface area (Å²) >= 11 is 5.88. The van der Waals surface area contributed by atoms with E-state index >= 15 is 0 Å². The molecule has 0 atom stereocenters. The first-order chi connectivity index (χ1) is 20.4. The minimum atomic E-state index is -0.979. The van der Waals surface area contributed by atoms with Crippen molar-refractivity contribution in [3.05, 3.63) is 100.0 Å². The van der Waals surface area contributed by atoms with Gasteiger partial charge < -0.3 is 14.4 Å². The molecule has 1 saturated heterocycles. The van der Waals surface area contributed by atoms with Crippen molar-refractivity contribution >= 4 is 28.6 Å². The molecule has 12 heteroatoms. The zero-order valence-electron chi connectivity index (χ0n) is 23.0. The van der Waals surface area contributed by atoms with Crippen molar-refractivity contribution in [3.63, 3.8) is 0 Å². The Balaban J connectivity index is 1.17. The lowest BCUT2D eigenvalue weighted by Crippen LogP contribution is -2.33. The summed E-state index contributed by atoms with van der Waals surface area (Å²) in [4.78, 5) is 23.4. The lowest BCUT2D eigenvalue weighted by molar-refractivity contribution is 0.0697. The number of hydrogen-bond acceptors (Lipinski definition) is 7. The third-order valence-electron chi connectivity index (χ3n) is 7.78. The van der Waals surface area contributed by atoms with Gasteiger partial charge in [-0.2, -0.15) is 0 Å². The molecule has 2 aromatic carbocycles. The molecule has 0 amide bonds. The number of aromatic nitrogens is 6. The smallest absolute Gasteiger partial charge is 0.335 e. The van der Waals surface area contributed by atoms with Gasteiger partial charge in [0, 0.05) is 29.4 Å². The molecule has 0 spiro atoms. The number of pyridine rings is 1. The molecule has 3 aromatic heterocycles. The molecular weight excluding hydrogens is 561 g/mol. The average Bonchev–Trinajstić information content (AvgIpc) is 3.55. The molecule has 6 rings (SSSR count). The fraction of sp³-hybridized carbons (Fsp3) is 0.300. The Bertz CT molecular complexity index is 1750. The van der Waals surface area contributed by atoms with Gasteiger partial charge in [0.2, 0.25) is 5.88 Å². The summed E-state index contributed by atoms with van der Waals surface area (Å²) < 4.78 is 24.0. The van der Waals surface area contributed by atoms with E-state index in [1.54, 1.807) is 47.4 Å². The molecule has 1 fully saturated rings. The van der Waals surface area contributed by atoms with Crippen molar-refractivity contribution in [1.29, 1.82) is 0 Å². The van der Waals surface area contributed by atoms with Crippen LogP contribution in [-0.4, -0.2) is 58.6 Å². The van der Waals surface area contributed by atoms with Gasteiger partial charge in [-0.25, -0.2) is 19.2 Å². The number of nitrogens with zero attached hydrogens (tertiary/aromatic N) is 7. The Morgan fingerprint density at radius 2 is 1.98 bits per heavy atom. The largest absolute Gasteiger partial charge is 0.478 e. The number of hydrogen-bond donors (Lipinski definition) is 1. The first-order valence-electron chi connectivity index (χ1n) is 13.7. The number of aryl methyl sites for hydroxylation is 1. The Labute approximate surface area is 246 Å². The van der Waals surface area contributed by atoms with E-state index in [0.717, 1.165) is 54.0 Å². The average molecular weight is 590 g/mol. The van der Waals surface area contributed by atoms with Gasteiger partial charge in [-0.1, -0.05) is 28.9 Å². The molecule has 216 valence electrons. The predicted molar refractivity (Wildman–Crippen MR) is 154 cm³/mol. The number of imidazole rings is 1. The SMILES string of the molecule is Cn1nncc1Cn1c(CN2CCC(c3cccnc3OCc3ccc(Cl)cc3F)CC2)nc2ccc(C(=O)O)cc21. The summed E-state index contributed by atoms with van der Waals surface area (Å²) in [6, 6.07) is 13.5. The van der Waals surface area contributed by atoms with Crippen LogP contribution >= 0.6 is 11.6 Å². The van der Waals surface area contributed by atoms with Crippen LogP contribution in [0.1, 0.15) is 51.8 Å². The second kappa shape index (κ2) is 11.9. The van der Waals surface area contributed by atoms with Crippen molar-refractivity contribution < 1.29 is 19.0 Å². The standard InChI is InChI=1S/C30H29ClFN7O3/c1-37-23(15-34-36-37)16-39-27-13-20(30(40)41)5-7-26(27)35-28(39)17-38-11-8-19(9-12-38)24-3-2-10-33-29(24)42-18-21-4-6-22(31)14-25(21)32/h2-7,10,13-15,19H,8-9,11-12,16-18H2,1H3,(H,40,41). The molecule has 1 aliphatic heterocycles. The zero-order valence-corrected chi connectivity index (χ0v) is 23.7. The predicted octanol–water partition coefficient (Wildman–Crippen LogP) is 5.06. The topological polar surface area (TPSA) is 111 Å². The molecule has 1 aliphatic rings. The fourth-order valence-electron chi connectivity index (χ4n) is 5.44. The highest BCUT2D eigenvalue weighted by Crippen LogP contribution is 2.34. The van der Waals surface area contributed by atoms with Crippen LogP contribution in [-0.2, 0) is 26.7 Å².